The van der Waals surface area contributed by atoms with Crippen molar-refractivity contribution in [2.45, 2.75) is 13.5 Å². The van der Waals surface area contributed by atoms with E-state index in [0.29, 0.717) is 47.5 Å². The molecule has 1 aliphatic rings. The van der Waals surface area contributed by atoms with E-state index in [9.17, 15) is 9.59 Å². The predicted octanol–water partition coefficient (Wildman–Crippen LogP) is 3.34. The fourth-order valence-corrected chi connectivity index (χ4v) is 2.84. The minimum Gasteiger partial charge on any atom is -0.486 e. The predicted molar refractivity (Wildman–Crippen MR) is 99.0 cm³/mol. The van der Waals surface area contributed by atoms with Crippen LogP contribution in [0.15, 0.2) is 36.4 Å². The van der Waals surface area contributed by atoms with E-state index >= 15 is 0 Å². The Bertz CT molecular complexity index is 853. The summed E-state index contributed by atoms with van der Waals surface area (Å²) in [5.74, 6) is 0.598. The number of carbonyl (C=O) groups excluding carboxylic acids is 2. The molecular weight excluding hydrogens is 356 g/mol. The van der Waals surface area contributed by atoms with E-state index in [4.69, 9.17) is 21.1 Å². The largest absolute Gasteiger partial charge is 0.486 e. The summed E-state index contributed by atoms with van der Waals surface area (Å²) in [5, 5.41) is 3.17. The normalized spacial score (nSPS) is 12.4. The van der Waals surface area contributed by atoms with Gasteiger partial charge in [0.25, 0.3) is 5.91 Å². The minimum absolute atomic E-state index is 0.0228. The summed E-state index contributed by atoms with van der Waals surface area (Å²) in [4.78, 5) is 25.5. The SMILES string of the molecule is CC(=O)N(C)Cc1cccc(NC(=O)c2cc(Cl)c3c(c2)OCCO3)c1. The number of halogens is 1. The maximum atomic E-state index is 12.6. The Hall–Kier alpha value is -2.73. The molecule has 2 aromatic rings. The van der Waals surface area contributed by atoms with Gasteiger partial charge in [0.1, 0.15) is 13.2 Å². The molecule has 0 fully saturated rings. The summed E-state index contributed by atoms with van der Waals surface area (Å²) >= 11 is 6.18. The first-order valence-corrected chi connectivity index (χ1v) is 8.53. The van der Waals surface area contributed by atoms with Crippen LogP contribution in [0.2, 0.25) is 5.02 Å². The van der Waals surface area contributed by atoms with E-state index in [1.165, 1.54) is 6.92 Å². The Labute approximate surface area is 156 Å². The number of ether oxygens (including phenoxy) is 2. The first kappa shape index (κ1) is 18.1. The van der Waals surface area contributed by atoms with Crippen molar-refractivity contribution < 1.29 is 19.1 Å². The van der Waals surface area contributed by atoms with Crippen LogP contribution in [0, 0.1) is 0 Å². The topological polar surface area (TPSA) is 67.9 Å². The number of hydrogen-bond acceptors (Lipinski definition) is 4. The molecule has 0 spiro atoms. The highest BCUT2D eigenvalue weighted by molar-refractivity contribution is 6.32. The van der Waals surface area contributed by atoms with Crippen LogP contribution in [0.4, 0.5) is 5.69 Å². The maximum Gasteiger partial charge on any atom is 0.255 e. The van der Waals surface area contributed by atoms with Crippen LogP contribution in [-0.2, 0) is 11.3 Å². The van der Waals surface area contributed by atoms with Crippen LogP contribution in [0.5, 0.6) is 11.5 Å². The smallest absolute Gasteiger partial charge is 0.255 e. The van der Waals surface area contributed by atoms with Gasteiger partial charge < -0.3 is 19.7 Å². The number of benzene rings is 2. The lowest BCUT2D eigenvalue weighted by molar-refractivity contribution is -0.128. The van der Waals surface area contributed by atoms with Gasteiger partial charge >= 0.3 is 0 Å². The first-order chi connectivity index (χ1) is 12.4. The quantitative estimate of drug-likeness (QED) is 0.891. The summed E-state index contributed by atoms with van der Waals surface area (Å²) in [5.41, 5.74) is 1.93. The lowest BCUT2D eigenvalue weighted by atomic mass is 10.1. The van der Waals surface area contributed by atoms with Crippen LogP contribution < -0.4 is 14.8 Å². The van der Waals surface area contributed by atoms with E-state index < -0.39 is 0 Å². The lowest BCUT2D eigenvalue weighted by Gasteiger charge is -2.20. The van der Waals surface area contributed by atoms with Crippen molar-refractivity contribution in [2.75, 3.05) is 25.6 Å². The van der Waals surface area contributed by atoms with Crippen molar-refractivity contribution in [3.05, 3.63) is 52.5 Å². The molecule has 136 valence electrons. The highest BCUT2D eigenvalue weighted by atomic mass is 35.5. The highest BCUT2D eigenvalue weighted by Crippen LogP contribution is 2.38. The molecule has 0 aliphatic carbocycles. The number of nitrogens with zero attached hydrogens (tertiary/aromatic N) is 1. The van der Waals surface area contributed by atoms with Gasteiger partial charge in [0.15, 0.2) is 11.5 Å². The number of amides is 2. The van der Waals surface area contributed by atoms with E-state index in [2.05, 4.69) is 5.32 Å². The Morgan fingerprint density at radius 2 is 1.96 bits per heavy atom. The molecule has 26 heavy (non-hydrogen) atoms. The summed E-state index contributed by atoms with van der Waals surface area (Å²) < 4.78 is 11.0. The number of anilines is 1. The Balaban J connectivity index is 1.76. The van der Waals surface area contributed by atoms with Crippen LogP contribution in [0.25, 0.3) is 0 Å². The van der Waals surface area contributed by atoms with Crippen LogP contribution in [0.3, 0.4) is 0 Å². The zero-order chi connectivity index (χ0) is 18.7. The maximum absolute atomic E-state index is 12.6. The molecule has 0 unspecified atom stereocenters. The second kappa shape index (κ2) is 7.66. The van der Waals surface area contributed by atoms with Gasteiger partial charge in [-0.15, -0.1) is 0 Å². The third kappa shape index (κ3) is 4.08. The molecule has 6 nitrogen and oxygen atoms in total. The monoisotopic (exact) mass is 374 g/mol. The van der Waals surface area contributed by atoms with Crippen molar-refractivity contribution >= 4 is 29.1 Å². The van der Waals surface area contributed by atoms with Gasteiger partial charge in [0.05, 0.1) is 5.02 Å². The summed E-state index contributed by atoms with van der Waals surface area (Å²) in [6, 6.07) is 10.5. The fraction of sp³-hybridized carbons (Fsp3) is 0.263. The van der Waals surface area contributed by atoms with Crippen molar-refractivity contribution in [2.24, 2.45) is 0 Å². The highest BCUT2D eigenvalue weighted by Gasteiger charge is 2.19. The second-order valence-corrected chi connectivity index (χ2v) is 6.42. The Morgan fingerprint density at radius 1 is 1.19 bits per heavy atom. The third-order valence-corrected chi connectivity index (χ3v) is 4.28. The average molecular weight is 375 g/mol. The van der Waals surface area contributed by atoms with Gasteiger partial charge in [-0.3, -0.25) is 9.59 Å². The summed E-state index contributed by atoms with van der Waals surface area (Å²) in [7, 11) is 1.73. The van der Waals surface area contributed by atoms with Crippen molar-refractivity contribution in [1.29, 1.82) is 0 Å². The summed E-state index contributed by atoms with van der Waals surface area (Å²) in [6.45, 7) is 2.83. The van der Waals surface area contributed by atoms with Gasteiger partial charge in [-0.1, -0.05) is 23.7 Å². The Morgan fingerprint density at radius 3 is 2.73 bits per heavy atom. The van der Waals surface area contributed by atoms with Gasteiger partial charge in [-0.05, 0) is 29.8 Å². The molecule has 0 radical (unpaired) electrons. The molecule has 0 atom stereocenters. The molecule has 7 heteroatoms. The lowest BCUT2D eigenvalue weighted by Crippen LogP contribution is -2.23. The van der Waals surface area contributed by atoms with E-state index in [1.54, 1.807) is 30.1 Å². The molecule has 0 bridgehead atoms. The number of fused-ring (bicyclic) bond motifs is 1. The first-order valence-electron chi connectivity index (χ1n) is 8.15. The van der Waals surface area contributed by atoms with E-state index in [1.807, 2.05) is 18.2 Å². The average Bonchev–Trinajstić information content (AvgIpc) is 2.62. The van der Waals surface area contributed by atoms with Crippen molar-refractivity contribution in [3.63, 3.8) is 0 Å². The number of rotatable bonds is 4. The minimum atomic E-state index is -0.305. The van der Waals surface area contributed by atoms with Gasteiger partial charge in [-0.25, -0.2) is 0 Å². The number of carbonyl (C=O) groups is 2. The molecule has 1 heterocycles. The molecule has 2 aromatic carbocycles. The van der Waals surface area contributed by atoms with Crippen molar-refractivity contribution in [3.8, 4) is 11.5 Å². The van der Waals surface area contributed by atoms with Gasteiger partial charge in [0.2, 0.25) is 5.91 Å². The second-order valence-electron chi connectivity index (χ2n) is 6.01. The summed E-state index contributed by atoms with van der Waals surface area (Å²) in [6.07, 6.45) is 0. The van der Waals surface area contributed by atoms with Gasteiger partial charge in [0, 0.05) is 31.8 Å². The van der Waals surface area contributed by atoms with Crippen molar-refractivity contribution in [1.82, 2.24) is 4.90 Å². The molecule has 1 N–H and O–H groups in total. The van der Waals surface area contributed by atoms with Crippen LogP contribution in [0.1, 0.15) is 22.8 Å². The standard InChI is InChI=1S/C19H19ClN2O4/c1-12(23)22(2)11-13-4-3-5-15(8-13)21-19(24)14-9-16(20)18-17(10-14)25-6-7-26-18/h3-5,8-10H,6-7,11H2,1-2H3,(H,21,24). The van der Waals surface area contributed by atoms with Gasteiger partial charge in [-0.2, -0.15) is 0 Å². The molecule has 0 saturated carbocycles. The molecule has 0 saturated heterocycles. The molecule has 2 amide bonds. The third-order valence-electron chi connectivity index (χ3n) is 4.00. The van der Waals surface area contributed by atoms with Crippen LogP contribution >= 0.6 is 11.6 Å². The van der Waals surface area contributed by atoms with E-state index in [-0.39, 0.29) is 11.8 Å². The fourth-order valence-electron chi connectivity index (χ4n) is 2.58. The molecule has 0 aromatic heterocycles. The van der Waals surface area contributed by atoms with Crippen LogP contribution in [-0.4, -0.2) is 37.0 Å². The number of hydrogen-bond donors (Lipinski definition) is 1. The zero-order valence-corrected chi connectivity index (χ0v) is 15.3. The molecule has 1 aliphatic heterocycles. The molecule has 3 rings (SSSR count). The number of nitrogens with one attached hydrogen (secondary N) is 1. The zero-order valence-electron chi connectivity index (χ0n) is 14.5. The Kier molecular flexibility index (Phi) is 5.32. The van der Waals surface area contributed by atoms with E-state index in [0.717, 1.165) is 5.56 Å². The molecular formula is C19H19ClN2O4.